The number of ether oxygens (including phenoxy) is 1. The van der Waals surface area contributed by atoms with E-state index in [2.05, 4.69) is 4.72 Å². The van der Waals surface area contributed by atoms with E-state index in [4.69, 9.17) is 22.1 Å². The summed E-state index contributed by atoms with van der Waals surface area (Å²) in [6.45, 7) is 3.44. The molecule has 2 aromatic carbocycles. The van der Waals surface area contributed by atoms with Gasteiger partial charge in [-0.05, 0) is 55.3 Å². The van der Waals surface area contributed by atoms with Crippen LogP contribution in [-0.2, 0) is 10.0 Å². The highest BCUT2D eigenvalue weighted by molar-refractivity contribution is 7.92. The number of benzene rings is 2. The van der Waals surface area contributed by atoms with Gasteiger partial charge in [-0.25, -0.2) is 8.42 Å². The smallest absolute Gasteiger partial charge is 0.262 e. The molecule has 3 N–H and O–H groups in total. The van der Waals surface area contributed by atoms with Crippen molar-refractivity contribution in [2.75, 3.05) is 11.8 Å². The van der Waals surface area contributed by atoms with E-state index < -0.39 is 15.9 Å². The first kappa shape index (κ1) is 18.1. The number of halogens is 1. The second-order valence-corrected chi connectivity index (χ2v) is 7.31. The Kier molecular flexibility index (Phi) is 5.05. The van der Waals surface area contributed by atoms with Gasteiger partial charge >= 0.3 is 0 Å². The number of hydrogen-bond donors (Lipinski definition) is 2. The molecule has 0 radical (unpaired) electrons. The first-order valence-corrected chi connectivity index (χ1v) is 8.79. The summed E-state index contributed by atoms with van der Waals surface area (Å²) in [6.07, 6.45) is 0. The predicted octanol–water partition coefficient (Wildman–Crippen LogP) is 2.87. The molecule has 128 valence electrons. The minimum absolute atomic E-state index is 0.0744. The number of carbonyl (C=O) groups excluding carboxylic acids is 1. The summed E-state index contributed by atoms with van der Waals surface area (Å²) in [5.74, 6) is -0.0728. The molecule has 0 aliphatic carbocycles. The molecule has 1 amide bonds. The number of methoxy groups -OCH3 is 1. The third-order valence-electron chi connectivity index (χ3n) is 3.47. The van der Waals surface area contributed by atoms with Crippen molar-refractivity contribution in [3.8, 4) is 5.75 Å². The summed E-state index contributed by atoms with van der Waals surface area (Å²) in [5.41, 5.74) is 6.77. The van der Waals surface area contributed by atoms with Gasteiger partial charge in [0.1, 0.15) is 5.75 Å². The topological polar surface area (TPSA) is 98.5 Å². The average molecular weight is 369 g/mol. The molecule has 2 rings (SSSR count). The van der Waals surface area contributed by atoms with Crippen LogP contribution in [0.5, 0.6) is 5.75 Å². The van der Waals surface area contributed by atoms with Crippen molar-refractivity contribution in [2.24, 2.45) is 5.73 Å². The zero-order chi connectivity index (χ0) is 18.1. The molecule has 24 heavy (non-hydrogen) atoms. The highest BCUT2D eigenvalue weighted by Crippen LogP contribution is 2.28. The number of carbonyl (C=O) groups is 1. The van der Waals surface area contributed by atoms with Gasteiger partial charge < -0.3 is 10.5 Å². The number of sulfonamides is 1. The van der Waals surface area contributed by atoms with Crippen molar-refractivity contribution in [2.45, 2.75) is 18.7 Å². The number of amides is 1. The second-order valence-electron chi connectivity index (χ2n) is 5.25. The third kappa shape index (κ3) is 3.63. The lowest BCUT2D eigenvalue weighted by atomic mass is 10.1. The maximum Gasteiger partial charge on any atom is 0.262 e. The molecular formula is C16H17ClN2O4S. The molecule has 0 heterocycles. The van der Waals surface area contributed by atoms with Gasteiger partial charge in [0.15, 0.2) is 0 Å². The molecule has 0 saturated heterocycles. The van der Waals surface area contributed by atoms with E-state index in [1.807, 2.05) is 0 Å². The minimum Gasteiger partial charge on any atom is -0.496 e. The Balaban J connectivity index is 2.41. The molecule has 0 fully saturated rings. The highest BCUT2D eigenvalue weighted by Gasteiger charge is 2.19. The summed E-state index contributed by atoms with van der Waals surface area (Å²) >= 11 is 5.94. The van der Waals surface area contributed by atoms with Crippen molar-refractivity contribution < 1.29 is 17.9 Å². The number of anilines is 1. The van der Waals surface area contributed by atoms with Crippen molar-refractivity contribution in [1.82, 2.24) is 0 Å². The van der Waals surface area contributed by atoms with Gasteiger partial charge in [-0.1, -0.05) is 11.6 Å². The van der Waals surface area contributed by atoms with Crippen LogP contribution in [0.4, 0.5) is 5.69 Å². The lowest BCUT2D eigenvalue weighted by Crippen LogP contribution is -2.16. The van der Waals surface area contributed by atoms with Gasteiger partial charge in [0.25, 0.3) is 10.0 Å². The number of primary amides is 1. The first-order valence-electron chi connectivity index (χ1n) is 6.93. The van der Waals surface area contributed by atoms with Gasteiger partial charge in [0.2, 0.25) is 5.91 Å². The number of aryl methyl sites for hydroxylation is 2. The number of nitrogens with two attached hydrogens (primary N) is 1. The zero-order valence-corrected chi connectivity index (χ0v) is 15.0. The van der Waals surface area contributed by atoms with Crippen LogP contribution in [0.1, 0.15) is 21.5 Å². The average Bonchev–Trinajstić information content (AvgIpc) is 2.48. The van der Waals surface area contributed by atoms with Gasteiger partial charge in [0.05, 0.1) is 28.3 Å². The summed E-state index contributed by atoms with van der Waals surface area (Å²) in [7, 11) is -2.30. The quantitative estimate of drug-likeness (QED) is 0.847. The van der Waals surface area contributed by atoms with Crippen LogP contribution in [0, 0.1) is 13.8 Å². The summed E-state index contributed by atoms with van der Waals surface area (Å²) in [5, 5.41) is 0.0744. The van der Waals surface area contributed by atoms with Gasteiger partial charge in [-0.2, -0.15) is 0 Å². The Morgan fingerprint density at radius 3 is 2.38 bits per heavy atom. The summed E-state index contributed by atoms with van der Waals surface area (Å²) in [6, 6.07) is 7.33. The molecule has 0 aliphatic heterocycles. The van der Waals surface area contributed by atoms with Gasteiger partial charge in [-0.15, -0.1) is 0 Å². The van der Waals surface area contributed by atoms with Gasteiger partial charge in [0, 0.05) is 0 Å². The van der Waals surface area contributed by atoms with Crippen LogP contribution in [0.2, 0.25) is 5.02 Å². The molecule has 0 spiro atoms. The molecule has 2 aromatic rings. The maximum absolute atomic E-state index is 12.6. The normalized spacial score (nSPS) is 11.2. The fourth-order valence-corrected chi connectivity index (χ4v) is 3.90. The Bertz CT molecular complexity index is 911. The summed E-state index contributed by atoms with van der Waals surface area (Å²) in [4.78, 5) is 11.3. The van der Waals surface area contributed by atoms with Crippen molar-refractivity contribution in [3.63, 3.8) is 0 Å². The molecule has 0 bridgehead atoms. The van der Waals surface area contributed by atoms with Crippen LogP contribution < -0.4 is 15.2 Å². The number of hydrogen-bond acceptors (Lipinski definition) is 4. The molecule has 0 atom stereocenters. The molecule has 8 heteroatoms. The molecule has 0 aromatic heterocycles. The van der Waals surface area contributed by atoms with Crippen molar-refractivity contribution >= 4 is 33.2 Å². The molecule has 0 aliphatic rings. The second kappa shape index (κ2) is 6.70. The van der Waals surface area contributed by atoms with Crippen LogP contribution >= 0.6 is 11.6 Å². The highest BCUT2D eigenvalue weighted by atomic mass is 35.5. The van der Waals surface area contributed by atoms with Gasteiger partial charge in [-0.3, -0.25) is 9.52 Å². The lowest BCUT2D eigenvalue weighted by Gasteiger charge is -2.14. The standard InChI is InChI=1S/C16H17ClN2O4S/c1-9-7-15(10(2)6-14(9)23-3)24(21,22)19-11-4-5-12(16(18)20)13(17)8-11/h4-8,19H,1-3H3,(H2,18,20). The van der Waals surface area contributed by atoms with Crippen LogP contribution in [0.3, 0.4) is 0 Å². The van der Waals surface area contributed by atoms with Crippen LogP contribution in [-0.4, -0.2) is 21.4 Å². The fourth-order valence-electron chi connectivity index (χ4n) is 2.26. The maximum atomic E-state index is 12.6. The zero-order valence-electron chi connectivity index (χ0n) is 13.4. The Morgan fingerprint density at radius 2 is 1.83 bits per heavy atom. The SMILES string of the molecule is COc1cc(C)c(S(=O)(=O)Nc2ccc(C(N)=O)c(Cl)c2)cc1C. The van der Waals surface area contributed by atoms with E-state index in [1.165, 1.54) is 31.4 Å². The van der Waals surface area contributed by atoms with E-state index in [1.54, 1.807) is 19.9 Å². The first-order chi connectivity index (χ1) is 11.2. The van der Waals surface area contributed by atoms with E-state index in [0.29, 0.717) is 16.9 Å². The molecule has 0 saturated carbocycles. The minimum atomic E-state index is -3.82. The van der Waals surface area contributed by atoms with Crippen molar-refractivity contribution in [3.05, 3.63) is 52.0 Å². The number of rotatable bonds is 5. The molecular weight excluding hydrogens is 352 g/mol. The monoisotopic (exact) mass is 368 g/mol. The Morgan fingerprint density at radius 1 is 1.17 bits per heavy atom. The molecule has 0 unspecified atom stereocenters. The molecule has 6 nitrogen and oxygen atoms in total. The van der Waals surface area contributed by atoms with Crippen molar-refractivity contribution in [1.29, 1.82) is 0 Å². The Labute approximate surface area is 145 Å². The largest absolute Gasteiger partial charge is 0.496 e. The summed E-state index contributed by atoms with van der Waals surface area (Å²) < 4.78 is 32.9. The van der Waals surface area contributed by atoms with E-state index >= 15 is 0 Å². The van der Waals surface area contributed by atoms with Crippen LogP contribution in [0.15, 0.2) is 35.2 Å². The number of nitrogens with one attached hydrogen (secondary N) is 1. The fraction of sp³-hybridized carbons (Fsp3) is 0.188. The van der Waals surface area contributed by atoms with E-state index in [-0.39, 0.29) is 21.2 Å². The van der Waals surface area contributed by atoms with E-state index in [0.717, 1.165) is 0 Å². The van der Waals surface area contributed by atoms with E-state index in [9.17, 15) is 13.2 Å². The lowest BCUT2D eigenvalue weighted by molar-refractivity contribution is 0.100. The Hall–Kier alpha value is -2.25. The predicted molar refractivity (Wildman–Crippen MR) is 93.2 cm³/mol. The third-order valence-corrected chi connectivity index (χ3v) is 5.30. The van der Waals surface area contributed by atoms with Crippen LogP contribution in [0.25, 0.3) is 0 Å².